The van der Waals surface area contributed by atoms with E-state index in [4.69, 9.17) is 0 Å². The van der Waals surface area contributed by atoms with Gasteiger partial charge in [0.15, 0.2) is 0 Å². The molecule has 1 saturated heterocycles. The quantitative estimate of drug-likeness (QED) is 0.430. The van der Waals surface area contributed by atoms with E-state index in [1.165, 1.54) is 17.3 Å². The van der Waals surface area contributed by atoms with Gasteiger partial charge in [-0.1, -0.05) is 13.3 Å². The largest absolute Gasteiger partial charge is 0.419 e. The van der Waals surface area contributed by atoms with E-state index < -0.39 is 34.5 Å². The van der Waals surface area contributed by atoms with Gasteiger partial charge in [0.1, 0.15) is 23.1 Å². The molecular weight excluding hydrogens is 427 g/mol. The number of halogens is 5. The molecule has 4 rings (SSSR count). The molecule has 0 amide bonds. The minimum absolute atomic E-state index is 0.0106. The van der Waals surface area contributed by atoms with Crippen molar-refractivity contribution in [1.82, 2.24) is 14.8 Å². The zero-order valence-electron chi connectivity index (χ0n) is 18.2. The van der Waals surface area contributed by atoms with Crippen molar-refractivity contribution in [2.24, 2.45) is 7.05 Å². The van der Waals surface area contributed by atoms with E-state index in [2.05, 4.69) is 21.9 Å². The van der Waals surface area contributed by atoms with Crippen molar-refractivity contribution >= 4 is 16.7 Å². The van der Waals surface area contributed by atoms with Crippen LogP contribution in [-0.4, -0.2) is 27.4 Å². The molecule has 1 aliphatic heterocycles. The summed E-state index contributed by atoms with van der Waals surface area (Å²) in [7, 11) is 1.65. The Bertz CT molecular complexity index is 1150. The number of aromatic nitrogens is 3. The molecular formula is C23H25F5N4. The SMILES string of the molecule is CCCC1CCCCN1c1cc2c(cn1)c(-c1cc(C(F)(F)F)c(F)c(C)c1F)nn2C. The number of pyridine rings is 1. The van der Waals surface area contributed by atoms with E-state index >= 15 is 0 Å². The minimum atomic E-state index is -4.95. The number of fused-ring (bicyclic) bond motifs is 1. The standard InChI is InChI=1S/C23H25F5N4/c1-4-7-14-8-5-6-9-32(14)19-11-18-16(12-29-19)22(30-31(18)3)15-10-17(23(26,27)28)21(25)13(2)20(15)24/h10-12,14H,4-9H2,1-3H3. The summed E-state index contributed by atoms with van der Waals surface area (Å²) < 4.78 is 70.5. The van der Waals surface area contributed by atoms with Crippen LogP contribution in [0, 0.1) is 18.6 Å². The molecule has 4 nitrogen and oxygen atoms in total. The smallest absolute Gasteiger partial charge is 0.354 e. The second kappa shape index (κ2) is 8.33. The maximum absolute atomic E-state index is 14.9. The molecule has 3 aromatic rings. The lowest BCUT2D eigenvalue weighted by Gasteiger charge is -2.36. The lowest BCUT2D eigenvalue weighted by molar-refractivity contribution is -0.140. The number of aryl methyl sites for hydroxylation is 1. The fourth-order valence-corrected chi connectivity index (χ4v) is 4.58. The molecule has 3 heterocycles. The average Bonchev–Trinajstić information content (AvgIpc) is 3.08. The molecule has 0 bridgehead atoms. The highest BCUT2D eigenvalue weighted by Crippen LogP contribution is 2.39. The minimum Gasteiger partial charge on any atom is -0.354 e. The summed E-state index contributed by atoms with van der Waals surface area (Å²) in [5.41, 5.74) is -1.95. The first-order chi connectivity index (χ1) is 15.1. The average molecular weight is 452 g/mol. The molecule has 0 radical (unpaired) electrons. The molecule has 1 aromatic carbocycles. The fourth-order valence-electron chi connectivity index (χ4n) is 4.58. The number of nitrogens with zero attached hydrogens (tertiary/aromatic N) is 4. The summed E-state index contributed by atoms with van der Waals surface area (Å²) in [5, 5.41) is 4.70. The van der Waals surface area contributed by atoms with Crippen LogP contribution in [0.1, 0.15) is 50.2 Å². The van der Waals surface area contributed by atoms with E-state index in [0.29, 0.717) is 23.0 Å². The third-order valence-corrected chi connectivity index (χ3v) is 6.25. The Labute approximate surface area is 183 Å². The van der Waals surface area contributed by atoms with E-state index in [9.17, 15) is 22.0 Å². The van der Waals surface area contributed by atoms with Gasteiger partial charge in [0.05, 0.1) is 11.1 Å². The maximum atomic E-state index is 14.9. The van der Waals surface area contributed by atoms with Crippen LogP contribution in [0.4, 0.5) is 27.8 Å². The van der Waals surface area contributed by atoms with Gasteiger partial charge in [0, 0.05) is 48.4 Å². The fraction of sp³-hybridized carbons (Fsp3) is 0.478. The van der Waals surface area contributed by atoms with Crippen molar-refractivity contribution in [3.63, 3.8) is 0 Å². The number of anilines is 1. The summed E-state index contributed by atoms with van der Waals surface area (Å²) >= 11 is 0. The molecule has 0 N–H and O–H groups in total. The Balaban J connectivity index is 1.84. The summed E-state index contributed by atoms with van der Waals surface area (Å²) in [6, 6.07) is 2.73. The van der Waals surface area contributed by atoms with Gasteiger partial charge in [-0.05, 0) is 38.7 Å². The second-order valence-corrected chi connectivity index (χ2v) is 8.39. The van der Waals surface area contributed by atoms with E-state index in [0.717, 1.165) is 45.0 Å². The number of rotatable bonds is 4. The number of benzene rings is 1. The number of alkyl halides is 3. The molecule has 0 spiro atoms. The predicted octanol–water partition coefficient (Wildman–Crippen LogP) is 6.40. The molecule has 0 aliphatic carbocycles. The summed E-state index contributed by atoms with van der Waals surface area (Å²) in [6.07, 6.45) is 2.01. The van der Waals surface area contributed by atoms with E-state index in [1.54, 1.807) is 7.05 Å². The third kappa shape index (κ3) is 3.82. The van der Waals surface area contributed by atoms with Crippen LogP contribution in [0.15, 0.2) is 18.3 Å². The van der Waals surface area contributed by atoms with Gasteiger partial charge >= 0.3 is 6.18 Å². The monoisotopic (exact) mass is 452 g/mol. The molecule has 172 valence electrons. The topological polar surface area (TPSA) is 34.0 Å². The Morgan fingerprint density at radius 2 is 1.88 bits per heavy atom. The predicted molar refractivity (Wildman–Crippen MR) is 113 cm³/mol. The van der Waals surface area contributed by atoms with Gasteiger partial charge in [0.25, 0.3) is 0 Å². The summed E-state index contributed by atoms with van der Waals surface area (Å²) in [6.45, 7) is 4.02. The van der Waals surface area contributed by atoms with Crippen molar-refractivity contribution < 1.29 is 22.0 Å². The maximum Gasteiger partial charge on any atom is 0.419 e. The molecule has 0 saturated carbocycles. The highest BCUT2D eigenvalue weighted by atomic mass is 19.4. The first-order valence-electron chi connectivity index (χ1n) is 10.8. The third-order valence-electron chi connectivity index (χ3n) is 6.25. The zero-order chi connectivity index (χ0) is 23.2. The Morgan fingerprint density at radius 1 is 1.12 bits per heavy atom. The highest BCUT2D eigenvalue weighted by molar-refractivity contribution is 5.94. The molecule has 9 heteroatoms. The zero-order valence-corrected chi connectivity index (χ0v) is 18.2. The van der Waals surface area contributed by atoms with Crippen molar-refractivity contribution in [3.05, 3.63) is 41.1 Å². The molecule has 1 fully saturated rings. The van der Waals surface area contributed by atoms with Crippen molar-refractivity contribution in [2.45, 2.75) is 58.2 Å². The lowest BCUT2D eigenvalue weighted by Crippen LogP contribution is -2.40. The van der Waals surface area contributed by atoms with E-state index in [1.807, 2.05) is 6.07 Å². The molecule has 1 atom stereocenters. The number of piperidine rings is 1. The first kappa shape index (κ1) is 22.5. The van der Waals surface area contributed by atoms with Gasteiger partial charge in [-0.2, -0.15) is 18.3 Å². The van der Waals surface area contributed by atoms with Gasteiger partial charge in [-0.25, -0.2) is 13.8 Å². The van der Waals surface area contributed by atoms with Crippen LogP contribution in [-0.2, 0) is 13.2 Å². The van der Waals surface area contributed by atoms with Gasteiger partial charge in [-0.15, -0.1) is 0 Å². The van der Waals surface area contributed by atoms with Crippen molar-refractivity contribution in [3.8, 4) is 11.3 Å². The van der Waals surface area contributed by atoms with Crippen LogP contribution >= 0.6 is 0 Å². The van der Waals surface area contributed by atoms with Crippen LogP contribution in [0.5, 0.6) is 0 Å². The lowest BCUT2D eigenvalue weighted by atomic mass is 9.98. The number of hydrogen-bond acceptors (Lipinski definition) is 3. The summed E-state index contributed by atoms with van der Waals surface area (Å²) in [4.78, 5) is 6.82. The van der Waals surface area contributed by atoms with Crippen molar-refractivity contribution in [2.75, 3.05) is 11.4 Å². The molecule has 1 unspecified atom stereocenters. The highest BCUT2D eigenvalue weighted by Gasteiger charge is 2.37. The second-order valence-electron chi connectivity index (χ2n) is 8.39. The molecule has 1 aliphatic rings. The first-order valence-corrected chi connectivity index (χ1v) is 10.8. The Morgan fingerprint density at radius 3 is 2.56 bits per heavy atom. The van der Waals surface area contributed by atoms with Gasteiger partial charge < -0.3 is 4.90 Å². The van der Waals surface area contributed by atoms with Crippen LogP contribution in [0.2, 0.25) is 0 Å². The van der Waals surface area contributed by atoms with Crippen LogP contribution in [0.25, 0.3) is 22.2 Å². The molecule has 32 heavy (non-hydrogen) atoms. The number of hydrogen-bond donors (Lipinski definition) is 0. The van der Waals surface area contributed by atoms with Crippen molar-refractivity contribution in [1.29, 1.82) is 0 Å². The van der Waals surface area contributed by atoms with Crippen LogP contribution < -0.4 is 4.90 Å². The van der Waals surface area contributed by atoms with E-state index in [-0.39, 0.29) is 5.69 Å². The summed E-state index contributed by atoms with van der Waals surface area (Å²) in [5.74, 6) is -1.89. The Kier molecular flexibility index (Phi) is 5.85. The van der Waals surface area contributed by atoms with Crippen LogP contribution in [0.3, 0.4) is 0 Å². The van der Waals surface area contributed by atoms with Gasteiger partial charge in [0.2, 0.25) is 0 Å². The normalized spacial score (nSPS) is 17.4. The Hall–Kier alpha value is -2.71. The molecule has 2 aromatic heterocycles. The van der Waals surface area contributed by atoms with Gasteiger partial charge in [-0.3, -0.25) is 4.68 Å².